The average Bonchev–Trinajstić information content (AvgIpc) is 3.14. The number of hydrogen-bond donors (Lipinski definition) is 0. The number of hydrogen-bond acceptors (Lipinski definition) is 8. The molecule has 4 aromatic rings. The summed E-state index contributed by atoms with van der Waals surface area (Å²) in [4.78, 5) is 25.1. The molecule has 2 aromatic heterocycles. The molecule has 2 aromatic carbocycles. The van der Waals surface area contributed by atoms with Crippen LogP contribution >= 0.6 is 0 Å². The average molecular weight is 435 g/mol. The van der Waals surface area contributed by atoms with E-state index in [1.807, 2.05) is 24.3 Å². The molecule has 164 valence electrons. The highest BCUT2D eigenvalue weighted by atomic mass is 16.5. The Kier molecular flexibility index (Phi) is 5.84. The molecule has 0 aliphatic carbocycles. The van der Waals surface area contributed by atoms with Crippen molar-refractivity contribution in [1.82, 2.24) is 24.4 Å². The van der Waals surface area contributed by atoms with E-state index in [1.165, 1.54) is 4.40 Å². The topological polar surface area (TPSA) is 110 Å². The molecule has 0 radical (unpaired) electrons. The third-order valence-corrected chi connectivity index (χ3v) is 4.82. The fourth-order valence-electron chi connectivity index (χ4n) is 3.29. The summed E-state index contributed by atoms with van der Waals surface area (Å²) in [6.07, 6.45) is 0. The molecule has 10 nitrogen and oxygen atoms in total. The van der Waals surface area contributed by atoms with Crippen molar-refractivity contribution in [2.24, 2.45) is 0 Å². The molecule has 32 heavy (non-hydrogen) atoms. The lowest BCUT2D eigenvalue weighted by Crippen LogP contribution is -2.26. The van der Waals surface area contributed by atoms with E-state index < -0.39 is 11.7 Å². The summed E-state index contributed by atoms with van der Waals surface area (Å²) in [6.45, 7) is 1.58. The number of nitrogens with zero attached hydrogens (tertiary/aromatic N) is 5. The van der Waals surface area contributed by atoms with E-state index in [4.69, 9.17) is 14.2 Å². The molecule has 0 amide bonds. The molecule has 0 N–H and O–H groups in total. The van der Waals surface area contributed by atoms with E-state index in [1.54, 1.807) is 45.4 Å². The maximum atomic E-state index is 13.2. The van der Waals surface area contributed by atoms with Gasteiger partial charge in [0.2, 0.25) is 0 Å². The minimum atomic E-state index is -0.563. The monoisotopic (exact) mass is 435 g/mol. The predicted molar refractivity (Wildman–Crippen MR) is 116 cm³/mol. The zero-order chi connectivity index (χ0) is 22.7. The second-order valence-electron chi connectivity index (χ2n) is 6.73. The van der Waals surface area contributed by atoms with Gasteiger partial charge in [-0.05, 0) is 55.5 Å². The number of esters is 1. The summed E-state index contributed by atoms with van der Waals surface area (Å²) in [5.74, 6) is 0.867. The fourth-order valence-corrected chi connectivity index (χ4v) is 3.29. The second kappa shape index (κ2) is 8.88. The molecule has 2 heterocycles. The van der Waals surface area contributed by atoms with Crippen LogP contribution < -0.4 is 15.2 Å². The van der Waals surface area contributed by atoms with Gasteiger partial charge < -0.3 is 14.2 Å². The van der Waals surface area contributed by atoms with Crippen LogP contribution in [0.5, 0.6) is 11.5 Å². The van der Waals surface area contributed by atoms with Gasteiger partial charge in [-0.3, -0.25) is 4.79 Å². The maximum absolute atomic E-state index is 13.2. The number of aromatic nitrogens is 5. The molecule has 0 fully saturated rings. The van der Waals surface area contributed by atoms with Gasteiger partial charge in [0.15, 0.2) is 0 Å². The van der Waals surface area contributed by atoms with Crippen LogP contribution in [0.25, 0.3) is 28.3 Å². The van der Waals surface area contributed by atoms with Crippen molar-refractivity contribution in [2.75, 3.05) is 20.8 Å². The quantitative estimate of drug-likeness (QED) is 0.407. The SMILES string of the molecule is CCOC(=O)Cn1nc2nnc(-c3ccc(OC)cc3)c(-c3ccc(OC)cc3)n2c1=O. The van der Waals surface area contributed by atoms with Gasteiger partial charge in [0.1, 0.15) is 23.7 Å². The minimum Gasteiger partial charge on any atom is -0.497 e. The Hall–Kier alpha value is -4.21. The molecule has 0 spiro atoms. The molecular weight excluding hydrogens is 414 g/mol. The van der Waals surface area contributed by atoms with Gasteiger partial charge in [0.25, 0.3) is 5.78 Å². The number of rotatable bonds is 7. The van der Waals surface area contributed by atoms with Crippen LogP contribution in [0.2, 0.25) is 0 Å². The lowest BCUT2D eigenvalue weighted by molar-refractivity contribution is -0.144. The van der Waals surface area contributed by atoms with E-state index >= 15 is 0 Å². The summed E-state index contributed by atoms with van der Waals surface area (Å²) in [5, 5.41) is 12.6. The number of fused-ring (bicyclic) bond motifs is 1. The van der Waals surface area contributed by atoms with Crippen LogP contribution in [0.4, 0.5) is 0 Å². The number of ether oxygens (including phenoxy) is 3. The maximum Gasteiger partial charge on any atom is 0.352 e. The molecule has 0 aliphatic rings. The Bertz CT molecular complexity index is 1310. The summed E-state index contributed by atoms with van der Waals surface area (Å²) in [7, 11) is 3.16. The first kappa shape index (κ1) is 21.0. The highest BCUT2D eigenvalue weighted by Crippen LogP contribution is 2.31. The number of benzene rings is 2. The van der Waals surface area contributed by atoms with Crippen molar-refractivity contribution >= 4 is 11.7 Å². The summed E-state index contributed by atoms with van der Waals surface area (Å²) in [6, 6.07) is 14.5. The molecule has 0 aliphatic heterocycles. The van der Waals surface area contributed by atoms with Crippen molar-refractivity contribution in [3.05, 3.63) is 59.0 Å². The Morgan fingerprint density at radius 2 is 1.50 bits per heavy atom. The first-order valence-corrected chi connectivity index (χ1v) is 9.86. The number of carbonyl (C=O) groups is 1. The number of methoxy groups -OCH3 is 2. The van der Waals surface area contributed by atoms with Gasteiger partial charge in [-0.25, -0.2) is 9.20 Å². The predicted octanol–water partition coefficient (Wildman–Crippen LogP) is 2.20. The highest BCUT2D eigenvalue weighted by molar-refractivity contribution is 5.79. The van der Waals surface area contributed by atoms with Crippen LogP contribution in [0.1, 0.15) is 6.92 Å². The zero-order valence-corrected chi connectivity index (χ0v) is 17.8. The highest BCUT2D eigenvalue weighted by Gasteiger charge is 2.21. The van der Waals surface area contributed by atoms with Crippen molar-refractivity contribution in [3.63, 3.8) is 0 Å². The standard InChI is InChI=1S/C22H21N5O5/c1-4-32-18(28)13-26-22(29)27-20(15-7-11-17(31-3)12-8-15)19(23-24-21(27)25-26)14-5-9-16(30-2)10-6-14/h5-12H,4,13H2,1-3H3. The summed E-state index contributed by atoms with van der Waals surface area (Å²) in [5.41, 5.74) is 1.87. The molecule has 0 saturated heterocycles. The lowest BCUT2D eigenvalue weighted by Gasteiger charge is -2.11. The Morgan fingerprint density at radius 3 is 2.06 bits per heavy atom. The van der Waals surface area contributed by atoms with Crippen LogP contribution in [0.15, 0.2) is 53.3 Å². The molecule has 10 heteroatoms. The third kappa shape index (κ3) is 3.89. The lowest BCUT2D eigenvalue weighted by atomic mass is 10.0. The van der Waals surface area contributed by atoms with Gasteiger partial charge in [-0.15, -0.1) is 15.3 Å². The molecule has 0 saturated carbocycles. The van der Waals surface area contributed by atoms with Gasteiger partial charge in [0, 0.05) is 11.1 Å². The van der Waals surface area contributed by atoms with E-state index in [0.717, 1.165) is 10.2 Å². The molecular formula is C22H21N5O5. The molecule has 0 atom stereocenters. The van der Waals surface area contributed by atoms with E-state index in [0.29, 0.717) is 28.5 Å². The molecule has 0 unspecified atom stereocenters. The summed E-state index contributed by atoms with van der Waals surface area (Å²) < 4.78 is 17.8. The minimum absolute atomic E-state index is 0.0716. The zero-order valence-electron chi connectivity index (χ0n) is 17.8. The van der Waals surface area contributed by atoms with E-state index in [2.05, 4.69) is 15.3 Å². The Morgan fingerprint density at radius 1 is 0.906 bits per heavy atom. The molecule has 4 rings (SSSR count). The fraction of sp³-hybridized carbons (Fsp3) is 0.227. The van der Waals surface area contributed by atoms with Crippen LogP contribution in [0, 0.1) is 0 Å². The van der Waals surface area contributed by atoms with Crippen molar-refractivity contribution < 1.29 is 19.0 Å². The van der Waals surface area contributed by atoms with Crippen LogP contribution in [-0.4, -0.2) is 51.2 Å². The van der Waals surface area contributed by atoms with Gasteiger partial charge >= 0.3 is 11.7 Å². The van der Waals surface area contributed by atoms with E-state index in [-0.39, 0.29) is 18.9 Å². The first-order chi connectivity index (χ1) is 15.5. The Balaban J connectivity index is 1.95. The third-order valence-electron chi connectivity index (χ3n) is 4.82. The summed E-state index contributed by atoms with van der Waals surface area (Å²) >= 11 is 0. The number of carbonyl (C=O) groups excluding carboxylic acids is 1. The smallest absolute Gasteiger partial charge is 0.352 e. The van der Waals surface area contributed by atoms with Crippen molar-refractivity contribution in [2.45, 2.75) is 13.5 Å². The van der Waals surface area contributed by atoms with Gasteiger partial charge in [0.05, 0.1) is 26.5 Å². The van der Waals surface area contributed by atoms with Crippen molar-refractivity contribution in [3.8, 4) is 34.0 Å². The van der Waals surface area contributed by atoms with Crippen LogP contribution in [-0.2, 0) is 16.1 Å². The second-order valence-corrected chi connectivity index (χ2v) is 6.73. The van der Waals surface area contributed by atoms with Gasteiger partial charge in [-0.2, -0.15) is 4.68 Å². The van der Waals surface area contributed by atoms with Crippen LogP contribution in [0.3, 0.4) is 0 Å². The van der Waals surface area contributed by atoms with Crippen molar-refractivity contribution in [1.29, 1.82) is 0 Å². The normalized spacial score (nSPS) is 10.8. The Labute approximate surface area is 183 Å². The first-order valence-electron chi connectivity index (χ1n) is 9.86. The van der Waals surface area contributed by atoms with E-state index in [9.17, 15) is 9.59 Å². The largest absolute Gasteiger partial charge is 0.497 e. The van der Waals surface area contributed by atoms with Gasteiger partial charge in [-0.1, -0.05) is 0 Å². The molecule has 0 bridgehead atoms.